The largest absolute Gasteiger partial charge is 0.480 e. The number of esters is 1. The van der Waals surface area contributed by atoms with E-state index >= 15 is 0 Å². The predicted molar refractivity (Wildman–Crippen MR) is 94.0 cm³/mol. The van der Waals surface area contributed by atoms with Gasteiger partial charge in [0.05, 0.1) is 0 Å². The van der Waals surface area contributed by atoms with Crippen molar-refractivity contribution in [2.75, 3.05) is 6.54 Å². The molecule has 0 radical (unpaired) electrons. The molecular formula is C16H30N4O6. The van der Waals surface area contributed by atoms with Crippen molar-refractivity contribution in [3.8, 4) is 0 Å². The first-order valence-electron chi connectivity index (χ1n) is 8.37. The van der Waals surface area contributed by atoms with E-state index in [9.17, 15) is 19.2 Å². The third kappa shape index (κ3) is 10.5. The summed E-state index contributed by atoms with van der Waals surface area (Å²) < 4.78 is 5.17. The third-order valence-electron chi connectivity index (χ3n) is 3.40. The van der Waals surface area contributed by atoms with Crippen LogP contribution in [0.2, 0.25) is 0 Å². The van der Waals surface area contributed by atoms with Crippen LogP contribution >= 0.6 is 0 Å². The molecule has 0 aromatic rings. The number of ether oxygens (including phenoxy) is 1. The summed E-state index contributed by atoms with van der Waals surface area (Å²) >= 11 is 0. The summed E-state index contributed by atoms with van der Waals surface area (Å²) in [4.78, 5) is 45.8. The first-order chi connectivity index (χ1) is 11.8. The summed E-state index contributed by atoms with van der Waals surface area (Å²) in [6, 6.07) is -2.81. The van der Waals surface area contributed by atoms with Crippen LogP contribution in [0.1, 0.15) is 47.0 Å². The molecular weight excluding hydrogens is 344 g/mol. The van der Waals surface area contributed by atoms with Gasteiger partial charge in [0.2, 0.25) is 5.91 Å². The lowest BCUT2D eigenvalue weighted by molar-refractivity contribution is -0.158. The number of carbonyl (C=O) groups excluding carboxylic acids is 3. The summed E-state index contributed by atoms with van der Waals surface area (Å²) in [5.41, 5.74) is 10.0. The summed E-state index contributed by atoms with van der Waals surface area (Å²) in [6.45, 7) is 6.94. The van der Waals surface area contributed by atoms with Gasteiger partial charge in [-0.3, -0.25) is 9.59 Å². The fourth-order valence-corrected chi connectivity index (χ4v) is 2.05. The van der Waals surface area contributed by atoms with Crippen molar-refractivity contribution in [1.82, 2.24) is 10.6 Å². The number of nitrogens with one attached hydrogen (secondary N) is 2. The second kappa shape index (κ2) is 10.6. The highest BCUT2D eigenvalue weighted by atomic mass is 16.6. The topological polar surface area (TPSA) is 174 Å². The highest BCUT2D eigenvalue weighted by Crippen LogP contribution is 2.13. The van der Waals surface area contributed by atoms with Crippen LogP contribution in [0.4, 0.5) is 4.79 Å². The molecule has 0 bridgehead atoms. The van der Waals surface area contributed by atoms with Crippen molar-refractivity contribution in [2.45, 2.75) is 64.6 Å². The van der Waals surface area contributed by atoms with Crippen molar-refractivity contribution in [3.05, 3.63) is 0 Å². The van der Waals surface area contributed by atoms with E-state index in [2.05, 4.69) is 10.6 Å². The number of aliphatic carboxylic acids is 1. The number of rotatable bonds is 10. The molecule has 0 saturated heterocycles. The Morgan fingerprint density at radius 1 is 1.19 bits per heavy atom. The van der Waals surface area contributed by atoms with E-state index in [1.165, 1.54) is 0 Å². The van der Waals surface area contributed by atoms with E-state index in [4.69, 9.17) is 21.3 Å². The molecule has 0 aliphatic carbocycles. The van der Waals surface area contributed by atoms with Crippen molar-refractivity contribution in [3.63, 3.8) is 0 Å². The van der Waals surface area contributed by atoms with Crippen LogP contribution in [0.5, 0.6) is 0 Å². The van der Waals surface area contributed by atoms with Crippen molar-refractivity contribution >= 4 is 23.9 Å². The number of carboxylic acids is 1. The van der Waals surface area contributed by atoms with Gasteiger partial charge in [0, 0.05) is 13.0 Å². The van der Waals surface area contributed by atoms with E-state index in [1.54, 1.807) is 27.7 Å². The van der Waals surface area contributed by atoms with Crippen molar-refractivity contribution in [1.29, 1.82) is 0 Å². The minimum Gasteiger partial charge on any atom is -0.480 e. The number of primary amides is 1. The van der Waals surface area contributed by atoms with Crippen LogP contribution in [-0.2, 0) is 19.1 Å². The zero-order chi connectivity index (χ0) is 20.5. The Labute approximate surface area is 153 Å². The summed E-state index contributed by atoms with van der Waals surface area (Å²) in [5.74, 6) is -2.88. The number of hydrogen-bond acceptors (Lipinski definition) is 6. The van der Waals surface area contributed by atoms with Crippen LogP contribution in [0, 0.1) is 5.92 Å². The SMILES string of the molecule is CC(CC(=O)N[C@@H](CCCNC(N)=O)C(=O)O)C(N)C(=O)OC(C)(C)C. The number of hydrogen-bond donors (Lipinski definition) is 5. The summed E-state index contributed by atoms with van der Waals surface area (Å²) in [7, 11) is 0. The molecule has 150 valence electrons. The van der Waals surface area contributed by atoms with Crippen LogP contribution in [-0.4, -0.2) is 53.2 Å². The zero-order valence-corrected chi connectivity index (χ0v) is 15.7. The van der Waals surface area contributed by atoms with Gasteiger partial charge in [-0.25, -0.2) is 9.59 Å². The zero-order valence-electron chi connectivity index (χ0n) is 15.7. The Morgan fingerprint density at radius 3 is 2.23 bits per heavy atom. The molecule has 10 nitrogen and oxygen atoms in total. The Bertz CT molecular complexity index is 517. The van der Waals surface area contributed by atoms with Gasteiger partial charge < -0.3 is 31.9 Å². The molecule has 0 aliphatic heterocycles. The fourth-order valence-electron chi connectivity index (χ4n) is 2.05. The number of nitrogens with two attached hydrogens (primary N) is 2. The lowest BCUT2D eigenvalue weighted by atomic mass is 9.98. The lowest BCUT2D eigenvalue weighted by Gasteiger charge is -2.25. The van der Waals surface area contributed by atoms with E-state index in [0.717, 1.165) is 0 Å². The van der Waals surface area contributed by atoms with E-state index in [1.807, 2.05) is 0 Å². The van der Waals surface area contributed by atoms with Crippen LogP contribution in [0.3, 0.4) is 0 Å². The summed E-state index contributed by atoms with van der Waals surface area (Å²) in [5, 5.41) is 13.9. The molecule has 0 aromatic heterocycles. The van der Waals surface area contributed by atoms with Gasteiger partial charge in [0.15, 0.2) is 0 Å². The van der Waals surface area contributed by atoms with Crippen LogP contribution in [0.15, 0.2) is 0 Å². The minimum absolute atomic E-state index is 0.119. The predicted octanol–water partition coefficient (Wildman–Crippen LogP) is -0.300. The fraction of sp³-hybridized carbons (Fsp3) is 0.750. The van der Waals surface area contributed by atoms with E-state index in [-0.39, 0.29) is 19.4 Å². The number of amides is 3. The van der Waals surface area contributed by atoms with Crippen LogP contribution < -0.4 is 22.1 Å². The Morgan fingerprint density at radius 2 is 1.77 bits per heavy atom. The molecule has 7 N–H and O–H groups in total. The maximum Gasteiger partial charge on any atom is 0.326 e. The molecule has 0 rings (SSSR count). The monoisotopic (exact) mass is 374 g/mol. The molecule has 0 saturated carbocycles. The molecule has 0 spiro atoms. The lowest BCUT2D eigenvalue weighted by Crippen LogP contribution is -2.45. The average molecular weight is 374 g/mol. The molecule has 0 aromatic carbocycles. The molecule has 0 aliphatic rings. The van der Waals surface area contributed by atoms with Crippen molar-refractivity contribution in [2.24, 2.45) is 17.4 Å². The van der Waals surface area contributed by atoms with Gasteiger partial charge >= 0.3 is 18.0 Å². The Hall–Kier alpha value is -2.36. The van der Waals surface area contributed by atoms with Crippen LogP contribution in [0.25, 0.3) is 0 Å². The third-order valence-corrected chi connectivity index (χ3v) is 3.40. The first-order valence-corrected chi connectivity index (χ1v) is 8.37. The molecule has 3 atom stereocenters. The average Bonchev–Trinajstić information content (AvgIpc) is 2.47. The number of carbonyl (C=O) groups is 4. The maximum absolute atomic E-state index is 12.0. The van der Waals surface area contributed by atoms with Gasteiger partial charge in [0.1, 0.15) is 17.7 Å². The maximum atomic E-state index is 12.0. The second-order valence-electron chi connectivity index (χ2n) is 7.13. The van der Waals surface area contributed by atoms with E-state index < -0.39 is 47.5 Å². The Balaban J connectivity index is 4.50. The van der Waals surface area contributed by atoms with Gasteiger partial charge in [-0.1, -0.05) is 6.92 Å². The van der Waals surface area contributed by atoms with Gasteiger partial charge in [-0.15, -0.1) is 0 Å². The van der Waals surface area contributed by atoms with Crippen molar-refractivity contribution < 1.29 is 29.0 Å². The minimum atomic E-state index is -1.19. The smallest absolute Gasteiger partial charge is 0.326 e. The Kier molecular flexibility index (Phi) is 9.63. The van der Waals surface area contributed by atoms with Gasteiger partial charge in [-0.05, 0) is 39.5 Å². The number of urea groups is 1. The molecule has 0 heterocycles. The van der Waals surface area contributed by atoms with Gasteiger partial charge in [0.25, 0.3) is 0 Å². The molecule has 0 fully saturated rings. The molecule has 3 amide bonds. The highest BCUT2D eigenvalue weighted by Gasteiger charge is 2.29. The summed E-state index contributed by atoms with van der Waals surface area (Å²) in [6.07, 6.45) is 0.324. The highest BCUT2D eigenvalue weighted by molar-refractivity contribution is 5.84. The first kappa shape index (κ1) is 23.6. The standard InChI is InChI=1S/C16H30N4O6/c1-9(12(17)14(24)26-16(2,3)4)8-11(21)20-10(13(22)23)6-5-7-19-15(18)25/h9-10,12H,5-8,17H2,1-4H3,(H,20,21)(H,22,23)(H3,18,19,25)/t9?,10-,12?/m0/s1. The molecule has 26 heavy (non-hydrogen) atoms. The molecule has 10 heteroatoms. The normalized spacial score (nSPS) is 14.7. The quantitative estimate of drug-likeness (QED) is 0.258. The second-order valence-corrected chi connectivity index (χ2v) is 7.13. The molecule has 2 unspecified atom stereocenters. The van der Waals surface area contributed by atoms with E-state index in [0.29, 0.717) is 6.42 Å². The number of carboxylic acid groups (broad SMARTS) is 1. The van der Waals surface area contributed by atoms with Gasteiger partial charge in [-0.2, -0.15) is 0 Å².